The highest BCUT2D eigenvalue weighted by Gasteiger charge is 2.34. The van der Waals surface area contributed by atoms with Gasteiger partial charge in [0.2, 0.25) is 5.91 Å². The molecule has 8 heteroatoms. The summed E-state index contributed by atoms with van der Waals surface area (Å²) in [6.45, 7) is 4.62. The molecule has 2 aromatic carbocycles. The van der Waals surface area contributed by atoms with Crippen LogP contribution in [-0.4, -0.2) is 62.2 Å². The number of carbonyl (C=O) groups excluding carboxylic acids is 2. The van der Waals surface area contributed by atoms with E-state index in [9.17, 15) is 9.59 Å². The molecule has 0 unspecified atom stereocenters. The third-order valence-corrected chi connectivity index (χ3v) is 6.10. The van der Waals surface area contributed by atoms with Gasteiger partial charge in [-0.1, -0.05) is 34.1 Å². The Morgan fingerprint density at radius 3 is 2.70 bits per heavy atom. The minimum absolute atomic E-state index is 0.0688. The largest absolute Gasteiger partial charge is 0.477 e. The number of hydrogen-bond donors (Lipinski definition) is 1. The van der Waals surface area contributed by atoms with E-state index in [1.807, 2.05) is 54.3 Å². The molecule has 1 N–H and O–H groups in total. The average Bonchev–Trinajstić information content (AvgIpc) is 2.76. The van der Waals surface area contributed by atoms with Crippen molar-refractivity contribution >= 4 is 39.1 Å². The van der Waals surface area contributed by atoms with Gasteiger partial charge in [0, 0.05) is 23.2 Å². The molecule has 30 heavy (non-hydrogen) atoms. The van der Waals surface area contributed by atoms with Crippen molar-refractivity contribution in [2.45, 2.75) is 13.0 Å². The van der Waals surface area contributed by atoms with Crippen molar-refractivity contribution in [3.63, 3.8) is 0 Å². The van der Waals surface area contributed by atoms with Crippen LogP contribution in [0.25, 0.3) is 0 Å². The normalized spacial score (nSPS) is 18.4. The van der Waals surface area contributed by atoms with Gasteiger partial charge in [0.25, 0.3) is 5.91 Å². The van der Waals surface area contributed by atoms with E-state index in [1.165, 1.54) is 0 Å². The highest BCUT2D eigenvalue weighted by atomic mass is 79.9. The van der Waals surface area contributed by atoms with Crippen LogP contribution in [0.4, 0.5) is 11.4 Å². The minimum Gasteiger partial charge on any atom is -0.477 e. The van der Waals surface area contributed by atoms with E-state index in [2.05, 4.69) is 21.2 Å². The second kappa shape index (κ2) is 9.06. The van der Waals surface area contributed by atoms with Gasteiger partial charge in [-0.05, 0) is 36.8 Å². The van der Waals surface area contributed by atoms with Gasteiger partial charge < -0.3 is 24.6 Å². The minimum atomic E-state index is -0.653. The van der Waals surface area contributed by atoms with Crippen LogP contribution in [-0.2, 0) is 14.3 Å². The van der Waals surface area contributed by atoms with Crippen molar-refractivity contribution in [1.82, 2.24) is 4.90 Å². The number of amides is 2. The lowest BCUT2D eigenvalue weighted by Gasteiger charge is -2.38. The van der Waals surface area contributed by atoms with E-state index in [-0.39, 0.29) is 18.4 Å². The quantitative estimate of drug-likeness (QED) is 0.738. The Labute approximate surface area is 184 Å². The van der Waals surface area contributed by atoms with Crippen molar-refractivity contribution < 1.29 is 19.1 Å². The maximum Gasteiger partial charge on any atom is 0.265 e. The van der Waals surface area contributed by atoms with E-state index in [1.54, 1.807) is 4.90 Å². The van der Waals surface area contributed by atoms with Crippen LogP contribution >= 0.6 is 15.9 Å². The Morgan fingerprint density at radius 2 is 1.93 bits per heavy atom. The van der Waals surface area contributed by atoms with Gasteiger partial charge in [-0.15, -0.1) is 0 Å². The van der Waals surface area contributed by atoms with Gasteiger partial charge in [0.1, 0.15) is 5.75 Å². The molecule has 0 aromatic heterocycles. The fourth-order valence-electron chi connectivity index (χ4n) is 3.62. The Hall–Kier alpha value is -2.58. The van der Waals surface area contributed by atoms with Crippen LogP contribution in [0.3, 0.4) is 0 Å². The first-order valence-electron chi connectivity index (χ1n) is 9.94. The number of ether oxygens (including phenoxy) is 2. The van der Waals surface area contributed by atoms with E-state index in [4.69, 9.17) is 9.47 Å². The lowest BCUT2D eigenvalue weighted by Crippen LogP contribution is -2.53. The number of hydrogen-bond acceptors (Lipinski definition) is 5. The predicted octanol–water partition coefficient (Wildman–Crippen LogP) is 2.82. The Balaban J connectivity index is 1.48. The molecule has 0 radical (unpaired) electrons. The molecular weight excluding hydrogens is 450 g/mol. The predicted molar refractivity (Wildman–Crippen MR) is 118 cm³/mol. The molecule has 2 aliphatic rings. The zero-order chi connectivity index (χ0) is 21.1. The molecule has 2 aliphatic heterocycles. The number of carbonyl (C=O) groups is 2. The summed E-state index contributed by atoms with van der Waals surface area (Å²) in [7, 11) is 0. The molecule has 1 atom stereocenters. The van der Waals surface area contributed by atoms with Crippen molar-refractivity contribution in [2.75, 3.05) is 49.6 Å². The maximum absolute atomic E-state index is 13.0. The van der Waals surface area contributed by atoms with Crippen LogP contribution in [0, 0.1) is 6.92 Å². The molecule has 7 nitrogen and oxygen atoms in total. The van der Waals surface area contributed by atoms with Gasteiger partial charge in [-0.25, -0.2) is 0 Å². The third kappa shape index (κ3) is 4.60. The number of aryl methyl sites for hydroxylation is 1. The summed E-state index contributed by atoms with van der Waals surface area (Å²) in [6.07, 6.45) is -0.653. The molecule has 0 aliphatic carbocycles. The smallest absolute Gasteiger partial charge is 0.265 e. The second-order valence-electron chi connectivity index (χ2n) is 7.40. The molecule has 1 saturated heterocycles. The molecule has 158 valence electrons. The van der Waals surface area contributed by atoms with Gasteiger partial charge >= 0.3 is 0 Å². The Kier molecular flexibility index (Phi) is 6.24. The van der Waals surface area contributed by atoms with Crippen molar-refractivity contribution in [1.29, 1.82) is 0 Å². The number of fused-ring (bicyclic) bond motifs is 1. The summed E-state index contributed by atoms with van der Waals surface area (Å²) < 4.78 is 12.3. The lowest BCUT2D eigenvalue weighted by atomic mass is 10.1. The van der Waals surface area contributed by atoms with Crippen molar-refractivity contribution in [2.24, 2.45) is 0 Å². The molecule has 0 saturated carbocycles. The molecule has 4 rings (SSSR count). The van der Waals surface area contributed by atoms with Gasteiger partial charge in [-0.3, -0.25) is 9.59 Å². The Morgan fingerprint density at radius 1 is 1.17 bits per heavy atom. The van der Waals surface area contributed by atoms with E-state index in [0.717, 1.165) is 21.4 Å². The highest BCUT2D eigenvalue weighted by Crippen LogP contribution is 2.33. The van der Waals surface area contributed by atoms with E-state index < -0.39 is 6.10 Å². The fraction of sp³-hybridized carbons (Fsp3) is 0.364. The van der Waals surface area contributed by atoms with Crippen LogP contribution in [0.2, 0.25) is 0 Å². The lowest BCUT2D eigenvalue weighted by molar-refractivity contribution is -0.142. The number of nitrogens with zero attached hydrogens (tertiary/aromatic N) is 2. The number of rotatable bonds is 4. The summed E-state index contributed by atoms with van der Waals surface area (Å²) in [6, 6.07) is 13.2. The first-order valence-corrected chi connectivity index (χ1v) is 10.7. The number of nitrogens with one attached hydrogen (secondary N) is 1. The van der Waals surface area contributed by atoms with E-state index in [0.29, 0.717) is 38.6 Å². The van der Waals surface area contributed by atoms with Crippen molar-refractivity contribution in [3.05, 3.63) is 52.5 Å². The molecule has 0 bridgehead atoms. The molecule has 2 amide bonds. The topological polar surface area (TPSA) is 71.1 Å². The maximum atomic E-state index is 13.0. The first-order chi connectivity index (χ1) is 14.5. The van der Waals surface area contributed by atoms with Crippen LogP contribution in [0.1, 0.15) is 5.56 Å². The standard InChI is InChI=1S/C22H24BrN3O4/c1-15-6-7-16(12-17(15)23)24-21(27)14-26-13-20(22(28)25-8-10-29-11-9-25)30-19-5-3-2-4-18(19)26/h2-7,12,20H,8-11,13-14H2,1H3,(H,24,27)/t20-/m0/s1. The van der Waals surface area contributed by atoms with E-state index >= 15 is 0 Å². The molecule has 2 aromatic rings. The number of benzene rings is 2. The molecule has 1 fully saturated rings. The SMILES string of the molecule is Cc1ccc(NC(=O)CN2C[C@@H](C(=O)N3CCOCC3)Oc3ccccc32)cc1Br. The summed E-state index contributed by atoms with van der Waals surface area (Å²) in [5.41, 5.74) is 2.63. The number of morpholine rings is 1. The monoisotopic (exact) mass is 473 g/mol. The first kappa shape index (κ1) is 20.7. The van der Waals surface area contributed by atoms with Crippen LogP contribution in [0.5, 0.6) is 5.75 Å². The molecule has 2 heterocycles. The second-order valence-corrected chi connectivity index (χ2v) is 8.26. The van der Waals surface area contributed by atoms with Crippen molar-refractivity contribution in [3.8, 4) is 5.75 Å². The third-order valence-electron chi connectivity index (χ3n) is 5.25. The number of anilines is 2. The fourth-order valence-corrected chi connectivity index (χ4v) is 4.00. The van der Waals surface area contributed by atoms with Crippen LogP contribution < -0.4 is 15.0 Å². The summed E-state index contributed by atoms with van der Waals surface area (Å²) in [5, 5.41) is 2.93. The molecule has 0 spiro atoms. The highest BCUT2D eigenvalue weighted by molar-refractivity contribution is 9.10. The van der Waals surface area contributed by atoms with Gasteiger partial charge in [0.05, 0.1) is 32.0 Å². The zero-order valence-electron chi connectivity index (χ0n) is 16.8. The molecular formula is C22H24BrN3O4. The summed E-state index contributed by atoms with van der Waals surface area (Å²) >= 11 is 3.49. The van der Waals surface area contributed by atoms with Crippen LogP contribution in [0.15, 0.2) is 46.9 Å². The summed E-state index contributed by atoms with van der Waals surface area (Å²) in [4.78, 5) is 29.4. The number of para-hydroxylation sites is 2. The Bertz CT molecular complexity index is 946. The number of halogens is 1. The van der Waals surface area contributed by atoms with Gasteiger partial charge in [-0.2, -0.15) is 0 Å². The van der Waals surface area contributed by atoms with Gasteiger partial charge in [0.15, 0.2) is 6.10 Å². The summed E-state index contributed by atoms with van der Waals surface area (Å²) in [5.74, 6) is 0.391. The zero-order valence-corrected chi connectivity index (χ0v) is 18.4. The average molecular weight is 474 g/mol.